The van der Waals surface area contributed by atoms with Crippen LogP contribution in [0.1, 0.15) is 6.42 Å². The fourth-order valence-electron chi connectivity index (χ4n) is 1.91. The summed E-state index contributed by atoms with van der Waals surface area (Å²) in [5.41, 5.74) is 0. The minimum Gasteiger partial charge on any atom is -0.354 e. The lowest BCUT2D eigenvalue weighted by Gasteiger charge is -2.21. The molecule has 6 heteroatoms. The highest BCUT2D eigenvalue weighted by molar-refractivity contribution is 6.33. The molecule has 2 rings (SSSR count). The highest BCUT2D eigenvalue weighted by Gasteiger charge is 2.26. The Bertz CT molecular complexity index is 383. The molecule has 1 fully saturated rings. The molecule has 1 aromatic rings. The Morgan fingerprint density at radius 3 is 2.81 bits per heavy atom. The molecule has 0 saturated carbocycles. The largest absolute Gasteiger partial charge is 0.354 e. The number of rotatable bonds is 2. The van der Waals surface area contributed by atoms with Crippen molar-refractivity contribution in [2.75, 3.05) is 32.1 Å². The van der Waals surface area contributed by atoms with Gasteiger partial charge in [-0.15, -0.1) is 0 Å². The van der Waals surface area contributed by atoms with Crippen LogP contribution in [0.25, 0.3) is 0 Å². The number of halogens is 2. The zero-order valence-corrected chi connectivity index (χ0v) is 10.8. The highest BCUT2D eigenvalue weighted by atomic mass is 35.5. The fourth-order valence-corrected chi connectivity index (χ4v) is 2.25. The minimum absolute atomic E-state index is 0.243. The zero-order chi connectivity index (χ0) is 11.7. The van der Waals surface area contributed by atoms with Gasteiger partial charge in [-0.1, -0.05) is 11.6 Å². The van der Waals surface area contributed by atoms with E-state index < -0.39 is 0 Å². The van der Waals surface area contributed by atoms with Crippen LogP contribution in [0.15, 0.2) is 6.20 Å². The molecule has 4 nitrogen and oxygen atoms in total. The van der Waals surface area contributed by atoms with Crippen LogP contribution >= 0.6 is 23.2 Å². The molecule has 1 atom stereocenters. The van der Waals surface area contributed by atoms with E-state index in [2.05, 4.69) is 33.9 Å². The van der Waals surface area contributed by atoms with Crippen LogP contribution in [0.2, 0.25) is 10.3 Å². The van der Waals surface area contributed by atoms with Crippen LogP contribution in [0.5, 0.6) is 0 Å². The number of nitrogens with zero attached hydrogens (tertiary/aromatic N) is 4. The summed E-state index contributed by atoms with van der Waals surface area (Å²) in [7, 11) is 4.17. The molecule has 16 heavy (non-hydrogen) atoms. The average Bonchev–Trinajstić information content (AvgIpc) is 2.70. The highest BCUT2D eigenvalue weighted by Crippen LogP contribution is 2.27. The Balaban J connectivity index is 2.17. The van der Waals surface area contributed by atoms with E-state index in [1.165, 1.54) is 0 Å². The molecular formula is C10H14Cl2N4. The van der Waals surface area contributed by atoms with Crippen molar-refractivity contribution in [1.82, 2.24) is 14.9 Å². The summed E-state index contributed by atoms with van der Waals surface area (Å²) in [6.07, 6.45) is 2.67. The van der Waals surface area contributed by atoms with Crippen molar-refractivity contribution < 1.29 is 0 Å². The van der Waals surface area contributed by atoms with E-state index >= 15 is 0 Å². The maximum Gasteiger partial charge on any atom is 0.224 e. The Hall–Kier alpha value is -0.580. The number of anilines is 1. The van der Waals surface area contributed by atoms with Gasteiger partial charge in [0.25, 0.3) is 0 Å². The van der Waals surface area contributed by atoms with Crippen LogP contribution < -0.4 is 4.90 Å². The third-order valence-electron chi connectivity index (χ3n) is 2.89. The van der Waals surface area contributed by atoms with Gasteiger partial charge in [0.05, 0.1) is 6.20 Å². The zero-order valence-electron chi connectivity index (χ0n) is 9.32. The first-order valence-corrected chi connectivity index (χ1v) is 5.93. The normalized spacial score (nSPS) is 20.8. The van der Waals surface area contributed by atoms with Gasteiger partial charge in [-0.25, -0.2) is 4.98 Å². The molecular weight excluding hydrogens is 247 g/mol. The SMILES string of the molecule is CN(C)C1CCN(c2nc(Cl)ncc2Cl)C1. The van der Waals surface area contributed by atoms with E-state index in [4.69, 9.17) is 23.2 Å². The summed E-state index contributed by atoms with van der Waals surface area (Å²) in [5.74, 6) is 0.742. The molecule has 0 aliphatic carbocycles. The summed E-state index contributed by atoms with van der Waals surface area (Å²) in [6.45, 7) is 1.88. The number of hydrogen-bond donors (Lipinski definition) is 0. The number of aromatic nitrogens is 2. The fraction of sp³-hybridized carbons (Fsp3) is 0.600. The minimum atomic E-state index is 0.243. The lowest BCUT2D eigenvalue weighted by Crippen LogP contribution is -2.31. The summed E-state index contributed by atoms with van der Waals surface area (Å²) >= 11 is 11.8. The van der Waals surface area contributed by atoms with Gasteiger partial charge < -0.3 is 9.80 Å². The van der Waals surface area contributed by atoms with E-state index in [0.29, 0.717) is 11.1 Å². The average molecular weight is 261 g/mol. The smallest absolute Gasteiger partial charge is 0.224 e. The van der Waals surface area contributed by atoms with E-state index in [-0.39, 0.29) is 5.28 Å². The predicted octanol–water partition coefficient (Wildman–Crippen LogP) is 1.92. The second-order valence-corrected chi connectivity index (χ2v) is 4.91. The first kappa shape index (κ1) is 11.9. The molecule has 2 heterocycles. The maximum atomic E-state index is 6.06. The van der Waals surface area contributed by atoms with Crippen LogP contribution in [0.3, 0.4) is 0 Å². The number of likely N-dealkylation sites (N-methyl/N-ethyl adjacent to an activating group) is 1. The standard InChI is InChI=1S/C10H14Cl2N4/c1-15(2)7-3-4-16(6-7)9-8(11)5-13-10(12)14-9/h5,7H,3-4,6H2,1-2H3. The molecule has 0 N–H and O–H groups in total. The van der Waals surface area contributed by atoms with Gasteiger partial charge in [-0.2, -0.15) is 4.98 Å². The molecule has 0 spiro atoms. The van der Waals surface area contributed by atoms with Crippen LogP contribution in [0, 0.1) is 0 Å². The Labute approximate surface area is 105 Å². The first-order valence-electron chi connectivity index (χ1n) is 5.17. The van der Waals surface area contributed by atoms with Gasteiger partial charge >= 0.3 is 0 Å². The van der Waals surface area contributed by atoms with Crippen LogP contribution in [0.4, 0.5) is 5.82 Å². The second kappa shape index (κ2) is 4.73. The van der Waals surface area contributed by atoms with E-state index in [1.54, 1.807) is 6.20 Å². The second-order valence-electron chi connectivity index (χ2n) is 4.16. The quantitative estimate of drug-likeness (QED) is 0.761. The van der Waals surface area contributed by atoms with Crippen molar-refractivity contribution >= 4 is 29.0 Å². The molecule has 0 radical (unpaired) electrons. The van der Waals surface area contributed by atoms with Gasteiger partial charge in [0.2, 0.25) is 5.28 Å². The van der Waals surface area contributed by atoms with Crippen LogP contribution in [-0.2, 0) is 0 Å². The Morgan fingerprint density at radius 1 is 1.44 bits per heavy atom. The molecule has 88 valence electrons. The van der Waals surface area contributed by atoms with Gasteiger partial charge in [0.15, 0.2) is 5.82 Å². The molecule has 0 aromatic carbocycles. The molecule has 1 aromatic heterocycles. The van der Waals surface area contributed by atoms with E-state index in [9.17, 15) is 0 Å². The van der Waals surface area contributed by atoms with Crippen molar-refractivity contribution in [1.29, 1.82) is 0 Å². The molecule has 1 unspecified atom stereocenters. The van der Waals surface area contributed by atoms with Crippen molar-refractivity contribution in [2.45, 2.75) is 12.5 Å². The third-order valence-corrected chi connectivity index (χ3v) is 3.34. The number of hydrogen-bond acceptors (Lipinski definition) is 4. The summed E-state index contributed by atoms with van der Waals surface area (Å²) in [4.78, 5) is 12.4. The van der Waals surface area contributed by atoms with Crippen molar-refractivity contribution in [3.8, 4) is 0 Å². The first-order chi connectivity index (χ1) is 7.58. The molecule has 0 bridgehead atoms. The molecule has 1 aliphatic rings. The van der Waals surface area contributed by atoms with E-state index in [0.717, 1.165) is 25.3 Å². The Kier molecular flexibility index (Phi) is 3.52. The van der Waals surface area contributed by atoms with Gasteiger partial charge in [-0.3, -0.25) is 0 Å². The predicted molar refractivity (Wildman–Crippen MR) is 66.4 cm³/mol. The lowest BCUT2D eigenvalue weighted by atomic mass is 10.2. The van der Waals surface area contributed by atoms with Gasteiger partial charge in [0.1, 0.15) is 5.02 Å². The van der Waals surface area contributed by atoms with Crippen molar-refractivity contribution in [3.05, 3.63) is 16.5 Å². The molecule has 1 aliphatic heterocycles. The van der Waals surface area contributed by atoms with Gasteiger partial charge in [-0.05, 0) is 32.1 Å². The summed E-state index contributed by atoms with van der Waals surface area (Å²) in [5, 5.41) is 0.802. The lowest BCUT2D eigenvalue weighted by molar-refractivity contribution is 0.315. The Morgan fingerprint density at radius 2 is 2.19 bits per heavy atom. The molecule has 1 saturated heterocycles. The van der Waals surface area contributed by atoms with Crippen molar-refractivity contribution in [2.24, 2.45) is 0 Å². The molecule has 0 amide bonds. The summed E-state index contributed by atoms with van der Waals surface area (Å²) in [6, 6.07) is 0.546. The van der Waals surface area contributed by atoms with Gasteiger partial charge in [0, 0.05) is 19.1 Å². The van der Waals surface area contributed by atoms with Crippen molar-refractivity contribution in [3.63, 3.8) is 0 Å². The van der Waals surface area contributed by atoms with Crippen LogP contribution in [-0.4, -0.2) is 48.1 Å². The monoisotopic (exact) mass is 260 g/mol. The maximum absolute atomic E-state index is 6.06. The summed E-state index contributed by atoms with van der Waals surface area (Å²) < 4.78 is 0. The topological polar surface area (TPSA) is 32.3 Å². The third kappa shape index (κ3) is 2.39. The van der Waals surface area contributed by atoms with E-state index in [1.807, 2.05) is 0 Å².